The van der Waals surface area contributed by atoms with E-state index in [2.05, 4.69) is 10.3 Å². The molecule has 6 nitrogen and oxygen atoms in total. The quantitative estimate of drug-likeness (QED) is 0.879. The molecule has 0 bridgehead atoms. The summed E-state index contributed by atoms with van der Waals surface area (Å²) in [5, 5.41) is 3.01. The Balaban J connectivity index is 1.95. The molecule has 1 atom stereocenters. The van der Waals surface area contributed by atoms with Crippen molar-refractivity contribution in [2.24, 2.45) is 7.05 Å². The summed E-state index contributed by atoms with van der Waals surface area (Å²) in [6, 6.07) is 6.50. The largest absolute Gasteiger partial charge is 0.448 e. The average molecular weight is 308 g/mol. The highest BCUT2D eigenvalue weighted by Crippen LogP contribution is 2.11. The van der Waals surface area contributed by atoms with Gasteiger partial charge in [0.05, 0.1) is 5.02 Å². The molecule has 2 heterocycles. The fourth-order valence-electron chi connectivity index (χ4n) is 1.63. The number of rotatable bonds is 4. The predicted octanol–water partition coefficient (Wildman–Crippen LogP) is 2.26. The van der Waals surface area contributed by atoms with E-state index in [9.17, 15) is 9.59 Å². The first kappa shape index (κ1) is 15.1. The van der Waals surface area contributed by atoms with Gasteiger partial charge in [0.2, 0.25) is 0 Å². The van der Waals surface area contributed by atoms with Gasteiger partial charge in [-0.05, 0) is 31.2 Å². The number of aryl methyl sites for hydroxylation is 1. The molecule has 7 heteroatoms. The molecule has 0 radical (unpaired) electrons. The third kappa shape index (κ3) is 3.82. The molecule has 0 aromatic carbocycles. The average Bonchev–Trinajstić information content (AvgIpc) is 2.87. The van der Waals surface area contributed by atoms with Crippen molar-refractivity contribution in [1.29, 1.82) is 0 Å². The number of ether oxygens (including phenoxy) is 1. The maximum atomic E-state index is 11.9. The number of carbonyl (C=O) groups excluding carboxylic acids is 2. The number of nitrogens with zero attached hydrogens (tertiary/aromatic N) is 2. The number of halogens is 1. The van der Waals surface area contributed by atoms with Gasteiger partial charge in [0.1, 0.15) is 11.5 Å². The van der Waals surface area contributed by atoms with E-state index in [1.54, 1.807) is 42.1 Å². The maximum Gasteiger partial charge on any atom is 0.355 e. The Morgan fingerprint density at radius 2 is 2.14 bits per heavy atom. The zero-order valence-corrected chi connectivity index (χ0v) is 12.3. The Hall–Kier alpha value is -2.34. The number of amides is 1. The standard InChI is InChI=1S/C14H14ClN3O3/c1-9(21-14(20)11-4-3-7-18(11)2)13(19)17-12-6-5-10(15)8-16-12/h3-9H,1-2H3,(H,16,17,19)/t9-/m0/s1. The van der Waals surface area contributed by atoms with Gasteiger partial charge in [-0.15, -0.1) is 0 Å². The van der Waals surface area contributed by atoms with Crippen molar-refractivity contribution in [1.82, 2.24) is 9.55 Å². The van der Waals surface area contributed by atoms with Crippen LogP contribution in [0.5, 0.6) is 0 Å². The highest BCUT2D eigenvalue weighted by Gasteiger charge is 2.20. The number of nitrogens with one attached hydrogen (secondary N) is 1. The minimum atomic E-state index is -0.940. The third-order valence-electron chi connectivity index (χ3n) is 2.78. The Morgan fingerprint density at radius 3 is 2.71 bits per heavy atom. The van der Waals surface area contributed by atoms with Crippen molar-refractivity contribution in [2.45, 2.75) is 13.0 Å². The lowest BCUT2D eigenvalue weighted by molar-refractivity contribution is -0.123. The van der Waals surface area contributed by atoms with E-state index in [-0.39, 0.29) is 0 Å². The summed E-state index contributed by atoms with van der Waals surface area (Å²) in [4.78, 5) is 27.7. The summed E-state index contributed by atoms with van der Waals surface area (Å²) in [6.07, 6.45) is 2.20. The molecule has 21 heavy (non-hydrogen) atoms. The topological polar surface area (TPSA) is 73.2 Å². The molecule has 0 aliphatic carbocycles. The van der Waals surface area contributed by atoms with E-state index >= 15 is 0 Å². The lowest BCUT2D eigenvalue weighted by Crippen LogP contribution is -2.30. The lowest BCUT2D eigenvalue weighted by Gasteiger charge is -2.13. The van der Waals surface area contributed by atoms with Crippen molar-refractivity contribution in [3.05, 3.63) is 47.4 Å². The van der Waals surface area contributed by atoms with Crippen molar-refractivity contribution < 1.29 is 14.3 Å². The number of esters is 1. The number of aromatic nitrogens is 2. The van der Waals surface area contributed by atoms with E-state index in [0.29, 0.717) is 16.5 Å². The van der Waals surface area contributed by atoms with Crippen LogP contribution in [0.25, 0.3) is 0 Å². The molecule has 2 rings (SSSR count). The van der Waals surface area contributed by atoms with Crippen LogP contribution in [0.2, 0.25) is 5.02 Å². The molecule has 0 fully saturated rings. The number of pyridine rings is 1. The second kappa shape index (κ2) is 6.41. The van der Waals surface area contributed by atoms with Gasteiger partial charge >= 0.3 is 5.97 Å². The molecular formula is C14H14ClN3O3. The minimum Gasteiger partial charge on any atom is -0.448 e. The molecule has 2 aromatic heterocycles. The first-order chi connectivity index (χ1) is 9.97. The zero-order valence-electron chi connectivity index (χ0n) is 11.5. The summed E-state index contributed by atoms with van der Waals surface area (Å²) in [7, 11) is 1.72. The molecule has 0 saturated heterocycles. The molecule has 0 aliphatic rings. The number of anilines is 1. The predicted molar refractivity (Wildman–Crippen MR) is 78.2 cm³/mol. The fourth-order valence-corrected chi connectivity index (χ4v) is 1.74. The number of hydrogen-bond donors (Lipinski definition) is 1. The summed E-state index contributed by atoms with van der Waals surface area (Å²) < 4.78 is 6.73. The molecule has 1 amide bonds. The van der Waals surface area contributed by atoms with Gasteiger partial charge < -0.3 is 14.6 Å². The second-order valence-corrected chi connectivity index (χ2v) is 4.84. The Kier molecular flexibility index (Phi) is 4.59. The van der Waals surface area contributed by atoms with Crippen LogP contribution in [-0.2, 0) is 16.6 Å². The second-order valence-electron chi connectivity index (χ2n) is 4.40. The molecule has 0 saturated carbocycles. The molecule has 0 aliphatic heterocycles. The van der Waals surface area contributed by atoms with Crippen LogP contribution in [0.3, 0.4) is 0 Å². The van der Waals surface area contributed by atoms with Crippen molar-refractivity contribution >= 4 is 29.3 Å². The summed E-state index contributed by atoms with van der Waals surface area (Å²) in [6.45, 7) is 1.49. The Morgan fingerprint density at radius 1 is 1.38 bits per heavy atom. The first-order valence-corrected chi connectivity index (χ1v) is 6.60. The number of hydrogen-bond acceptors (Lipinski definition) is 4. The fraction of sp³-hybridized carbons (Fsp3) is 0.214. The van der Waals surface area contributed by atoms with Crippen LogP contribution in [0, 0.1) is 0 Å². The SMILES string of the molecule is C[C@H](OC(=O)c1cccn1C)C(=O)Nc1ccc(Cl)cn1. The van der Waals surface area contributed by atoms with E-state index in [1.807, 2.05) is 0 Å². The molecule has 110 valence electrons. The molecule has 0 spiro atoms. The monoisotopic (exact) mass is 307 g/mol. The van der Waals surface area contributed by atoms with Gasteiger partial charge in [-0.3, -0.25) is 4.79 Å². The molecule has 1 N–H and O–H groups in total. The van der Waals surface area contributed by atoms with Gasteiger partial charge in [0.15, 0.2) is 6.10 Å². The van der Waals surface area contributed by atoms with Gasteiger partial charge in [-0.1, -0.05) is 11.6 Å². The highest BCUT2D eigenvalue weighted by atomic mass is 35.5. The van der Waals surface area contributed by atoms with Gasteiger partial charge in [-0.25, -0.2) is 9.78 Å². The Bertz CT molecular complexity index is 652. The summed E-state index contributed by atoms with van der Waals surface area (Å²) >= 11 is 5.70. The molecular weight excluding hydrogens is 294 g/mol. The van der Waals surface area contributed by atoms with Crippen LogP contribution >= 0.6 is 11.6 Å². The maximum absolute atomic E-state index is 11.9. The van der Waals surface area contributed by atoms with Crippen molar-refractivity contribution in [3.8, 4) is 0 Å². The van der Waals surface area contributed by atoms with Gasteiger partial charge in [0.25, 0.3) is 5.91 Å². The molecule has 2 aromatic rings. The summed E-state index contributed by atoms with van der Waals surface area (Å²) in [5.74, 6) is -0.687. The van der Waals surface area contributed by atoms with E-state index < -0.39 is 18.0 Å². The first-order valence-electron chi connectivity index (χ1n) is 6.22. The van der Waals surface area contributed by atoms with Crippen LogP contribution in [-0.4, -0.2) is 27.5 Å². The Labute approximate surface area is 126 Å². The molecule has 0 unspecified atom stereocenters. The van der Waals surface area contributed by atoms with E-state index in [1.165, 1.54) is 13.1 Å². The van der Waals surface area contributed by atoms with E-state index in [4.69, 9.17) is 16.3 Å². The zero-order chi connectivity index (χ0) is 15.4. The lowest BCUT2D eigenvalue weighted by atomic mass is 10.3. The van der Waals surface area contributed by atoms with E-state index in [0.717, 1.165) is 0 Å². The van der Waals surface area contributed by atoms with Crippen LogP contribution in [0.1, 0.15) is 17.4 Å². The van der Waals surface area contributed by atoms with Crippen molar-refractivity contribution in [2.75, 3.05) is 5.32 Å². The summed E-state index contributed by atoms with van der Waals surface area (Å²) in [5.41, 5.74) is 0.374. The highest BCUT2D eigenvalue weighted by molar-refractivity contribution is 6.30. The minimum absolute atomic E-state index is 0.339. The van der Waals surface area contributed by atoms with Crippen LogP contribution in [0.4, 0.5) is 5.82 Å². The van der Waals surface area contributed by atoms with Crippen LogP contribution < -0.4 is 5.32 Å². The smallest absolute Gasteiger partial charge is 0.355 e. The van der Waals surface area contributed by atoms with Gasteiger partial charge in [0, 0.05) is 19.4 Å². The normalized spacial score (nSPS) is 11.8. The van der Waals surface area contributed by atoms with Gasteiger partial charge in [-0.2, -0.15) is 0 Å². The van der Waals surface area contributed by atoms with Crippen molar-refractivity contribution in [3.63, 3.8) is 0 Å². The van der Waals surface area contributed by atoms with Crippen LogP contribution in [0.15, 0.2) is 36.7 Å². The third-order valence-corrected chi connectivity index (χ3v) is 3.01. The number of carbonyl (C=O) groups is 2.